The largest absolute Gasteiger partial charge is 0.492 e. The Hall–Kier alpha value is -4.11. The lowest BCUT2D eigenvalue weighted by Gasteiger charge is -2.44. The predicted octanol–water partition coefficient (Wildman–Crippen LogP) is 4.63. The summed E-state index contributed by atoms with van der Waals surface area (Å²) in [5.74, 6) is 2.58. The fourth-order valence-electron chi connectivity index (χ4n) is 6.83. The second-order valence-electron chi connectivity index (χ2n) is 12.2. The lowest BCUT2D eigenvalue weighted by Crippen LogP contribution is -2.58. The Labute approximate surface area is 253 Å². The smallest absolute Gasteiger partial charge is 0.274 e. The summed E-state index contributed by atoms with van der Waals surface area (Å²) in [6, 6.07) is 15.4. The molecule has 1 N–H and O–H groups in total. The molecular weight excluding hydrogens is 540 g/mol. The molecule has 9 nitrogen and oxygen atoms in total. The predicted molar refractivity (Wildman–Crippen MR) is 171 cm³/mol. The van der Waals surface area contributed by atoms with Crippen LogP contribution in [0.4, 0.5) is 5.82 Å². The first kappa shape index (κ1) is 29.0. The van der Waals surface area contributed by atoms with Crippen LogP contribution in [0.3, 0.4) is 0 Å². The van der Waals surface area contributed by atoms with Crippen LogP contribution in [-0.4, -0.2) is 81.7 Å². The monoisotopic (exact) mass is 582 g/mol. The van der Waals surface area contributed by atoms with Gasteiger partial charge in [0, 0.05) is 93.9 Å². The number of aromatic nitrogens is 3. The lowest BCUT2D eigenvalue weighted by atomic mass is 9.89. The maximum absolute atomic E-state index is 12.4. The van der Waals surface area contributed by atoms with Crippen molar-refractivity contribution in [2.24, 2.45) is 7.05 Å². The number of rotatable bonds is 7. The number of carbonyl (C=O) groups is 1. The van der Waals surface area contributed by atoms with Crippen molar-refractivity contribution >= 4 is 22.6 Å². The SMILES string of the molecule is CC(=O)N1CC(C)N(CCOc2ccc(C3CCN(c4ccc(-c5cn(C)c(=O)c6[nH]ccc56)cn4)CC3)cc2)C(C)C1. The van der Waals surface area contributed by atoms with E-state index in [1.807, 2.05) is 29.6 Å². The summed E-state index contributed by atoms with van der Waals surface area (Å²) < 4.78 is 7.73. The Kier molecular flexibility index (Phi) is 8.25. The van der Waals surface area contributed by atoms with Crippen molar-refractivity contribution in [1.29, 1.82) is 0 Å². The molecule has 5 heterocycles. The maximum Gasteiger partial charge on any atom is 0.274 e. The van der Waals surface area contributed by atoms with Crippen LogP contribution >= 0.6 is 0 Å². The average molecular weight is 583 g/mol. The number of hydrogen-bond donors (Lipinski definition) is 1. The number of aryl methyl sites for hydroxylation is 1. The van der Waals surface area contributed by atoms with Gasteiger partial charge in [0.15, 0.2) is 0 Å². The van der Waals surface area contributed by atoms with Gasteiger partial charge in [-0.15, -0.1) is 0 Å². The topological polar surface area (TPSA) is 86.7 Å². The number of aromatic amines is 1. The Morgan fingerprint density at radius 1 is 1.02 bits per heavy atom. The second kappa shape index (κ2) is 12.2. The first-order chi connectivity index (χ1) is 20.8. The van der Waals surface area contributed by atoms with E-state index in [4.69, 9.17) is 9.72 Å². The van der Waals surface area contributed by atoms with E-state index < -0.39 is 0 Å². The third-order valence-corrected chi connectivity index (χ3v) is 9.29. The summed E-state index contributed by atoms with van der Waals surface area (Å²) in [6.07, 6.45) is 7.77. The molecule has 2 aliphatic rings. The van der Waals surface area contributed by atoms with Crippen molar-refractivity contribution in [3.8, 4) is 16.9 Å². The Bertz CT molecular complexity index is 1610. The normalized spacial score (nSPS) is 20.1. The van der Waals surface area contributed by atoms with Gasteiger partial charge < -0.3 is 24.1 Å². The van der Waals surface area contributed by atoms with E-state index in [-0.39, 0.29) is 11.5 Å². The molecule has 2 fully saturated rings. The second-order valence-corrected chi connectivity index (χ2v) is 12.2. The number of piperazine rings is 1. The van der Waals surface area contributed by atoms with E-state index in [1.165, 1.54) is 5.56 Å². The van der Waals surface area contributed by atoms with Crippen LogP contribution in [0.5, 0.6) is 5.75 Å². The van der Waals surface area contributed by atoms with Crippen molar-refractivity contribution in [1.82, 2.24) is 24.3 Å². The summed E-state index contributed by atoms with van der Waals surface area (Å²) in [5.41, 5.74) is 3.96. The number of amides is 1. The fraction of sp³-hybridized carbons (Fsp3) is 0.441. The minimum atomic E-state index is -0.0280. The van der Waals surface area contributed by atoms with Gasteiger partial charge in [0.2, 0.25) is 5.91 Å². The molecule has 226 valence electrons. The number of fused-ring (bicyclic) bond motifs is 1. The van der Waals surface area contributed by atoms with Gasteiger partial charge in [0.1, 0.15) is 23.7 Å². The highest BCUT2D eigenvalue weighted by Gasteiger charge is 2.30. The van der Waals surface area contributed by atoms with Crippen LogP contribution < -0.4 is 15.2 Å². The first-order valence-electron chi connectivity index (χ1n) is 15.4. The fourth-order valence-corrected chi connectivity index (χ4v) is 6.83. The number of nitrogens with one attached hydrogen (secondary N) is 1. The minimum Gasteiger partial charge on any atom is -0.492 e. The van der Waals surface area contributed by atoms with E-state index in [2.05, 4.69) is 65.0 Å². The Balaban J connectivity index is 1.00. The molecule has 1 aromatic carbocycles. The zero-order chi connectivity index (χ0) is 30.1. The summed E-state index contributed by atoms with van der Waals surface area (Å²) in [6.45, 7) is 11.0. The van der Waals surface area contributed by atoms with Crippen LogP contribution in [0, 0.1) is 0 Å². The summed E-state index contributed by atoms with van der Waals surface area (Å²) in [7, 11) is 1.78. The number of anilines is 1. The van der Waals surface area contributed by atoms with Gasteiger partial charge in [-0.05, 0) is 68.5 Å². The summed E-state index contributed by atoms with van der Waals surface area (Å²) >= 11 is 0. The standard InChI is InChI=1S/C34H42N6O3/c1-23-20-39(25(3)41)21-24(2)40(23)17-18-43-29-8-5-26(6-9-29)27-12-15-38(16-13-27)32-10-7-28(19-36-32)31-22-37(4)34(42)33-30(31)11-14-35-33/h5-11,14,19,22-24,27,35H,12-13,15-18,20-21H2,1-4H3. The highest BCUT2D eigenvalue weighted by Crippen LogP contribution is 2.32. The molecule has 43 heavy (non-hydrogen) atoms. The molecular formula is C34H42N6O3. The summed E-state index contributed by atoms with van der Waals surface area (Å²) in [4.78, 5) is 38.8. The van der Waals surface area contributed by atoms with Gasteiger partial charge in [-0.3, -0.25) is 14.5 Å². The lowest BCUT2D eigenvalue weighted by molar-refractivity contribution is -0.133. The molecule has 2 aliphatic heterocycles. The third kappa shape index (κ3) is 6.04. The van der Waals surface area contributed by atoms with Crippen molar-refractivity contribution < 1.29 is 9.53 Å². The Morgan fingerprint density at radius 3 is 2.40 bits per heavy atom. The molecule has 6 rings (SSSR count). The van der Waals surface area contributed by atoms with Crippen molar-refractivity contribution in [2.45, 2.75) is 51.6 Å². The average Bonchev–Trinajstić information content (AvgIpc) is 3.51. The molecule has 3 aromatic heterocycles. The number of nitrogens with zero attached hydrogens (tertiary/aromatic N) is 5. The quantitative estimate of drug-likeness (QED) is 0.342. The molecule has 0 radical (unpaired) electrons. The highest BCUT2D eigenvalue weighted by atomic mass is 16.5. The number of H-pyrrole nitrogens is 1. The number of piperidine rings is 1. The third-order valence-electron chi connectivity index (χ3n) is 9.29. The molecule has 2 unspecified atom stereocenters. The number of pyridine rings is 2. The molecule has 4 aromatic rings. The van der Waals surface area contributed by atoms with Crippen LogP contribution in [0.25, 0.3) is 22.0 Å². The number of carbonyl (C=O) groups excluding carboxylic acids is 1. The highest BCUT2D eigenvalue weighted by molar-refractivity contribution is 5.94. The molecule has 2 saturated heterocycles. The molecule has 0 spiro atoms. The molecule has 2 atom stereocenters. The van der Waals surface area contributed by atoms with Gasteiger partial charge >= 0.3 is 0 Å². The van der Waals surface area contributed by atoms with Gasteiger partial charge in [-0.2, -0.15) is 0 Å². The van der Waals surface area contributed by atoms with E-state index in [1.54, 1.807) is 18.5 Å². The zero-order valence-corrected chi connectivity index (χ0v) is 25.6. The Morgan fingerprint density at radius 2 is 1.74 bits per heavy atom. The van der Waals surface area contributed by atoms with Gasteiger partial charge in [-0.1, -0.05) is 12.1 Å². The molecule has 9 heteroatoms. The van der Waals surface area contributed by atoms with Crippen molar-refractivity contribution in [3.63, 3.8) is 0 Å². The van der Waals surface area contributed by atoms with Crippen LogP contribution in [0.15, 0.2) is 65.8 Å². The molecule has 1 amide bonds. The van der Waals surface area contributed by atoms with E-state index >= 15 is 0 Å². The maximum atomic E-state index is 12.4. The van der Waals surface area contributed by atoms with Crippen molar-refractivity contribution in [3.05, 3.63) is 77.0 Å². The van der Waals surface area contributed by atoms with E-state index in [0.29, 0.717) is 30.1 Å². The number of hydrogen-bond acceptors (Lipinski definition) is 6. The number of benzene rings is 1. The minimum absolute atomic E-state index is 0.0280. The zero-order valence-electron chi connectivity index (χ0n) is 25.6. The van der Waals surface area contributed by atoms with Gasteiger partial charge in [0.05, 0.1) is 0 Å². The molecule has 0 aliphatic carbocycles. The first-order valence-corrected chi connectivity index (χ1v) is 15.4. The van der Waals surface area contributed by atoms with Crippen LogP contribution in [0.1, 0.15) is 45.1 Å². The van der Waals surface area contributed by atoms with Crippen molar-refractivity contribution in [2.75, 3.05) is 44.2 Å². The molecule has 0 bridgehead atoms. The van der Waals surface area contributed by atoms with E-state index in [0.717, 1.165) is 73.6 Å². The number of ether oxygens (including phenoxy) is 1. The van der Waals surface area contributed by atoms with Gasteiger partial charge in [-0.25, -0.2) is 4.98 Å². The van der Waals surface area contributed by atoms with Crippen LogP contribution in [-0.2, 0) is 11.8 Å². The van der Waals surface area contributed by atoms with E-state index in [9.17, 15) is 9.59 Å². The molecule has 0 saturated carbocycles. The van der Waals surface area contributed by atoms with Crippen LogP contribution in [0.2, 0.25) is 0 Å². The summed E-state index contributed by atoms with van der Waals surface area (Å²) in [5, 5.41) is 0.920. The van der Waals surface area contributed by atoms with Gasteiger partial charge in [0.25, 0.3) is 5.56 Å².